The minimum Gasteiger partial charge on any atom is -0.495 e. The fourth-order valence-electron chi connectivity index (χ4n) is 1.81. The standard InChI is InChI=1S/C15H17N3O2/c1-10-4-3-5-11(8-10)17-15(19)18-12-6-7-13(16)14(9-12)20-2/h3-9H,16H2,1-2H3,(H2,17,18,19). The van der Waals surface area contributed by atoms with Crippen LogP contribution in [0.15, 0.2) is 42.5 Å². The second-order valence-electron chi connectivity index (χ2n) is 4.41. The average Bonchev–Trinajstić information content (AvgIpc) is 2.41. The molecule has 104 valence electrons. The number of nitrogens with one attached hydrogen (secondary N) is 2. The molecule has 0 aliphatic carbocycles. The number of carbonyl (C=O) groups excluding carboxylic acids is 1. The van der Waals surface area contributed by atoms with Crippen molar-refractivity contribution < 1.29 is 9.53 Å². The molecule has 5 nitrogen and oxygen atoms in total. The Kier molecular flexibility index (Phi) is 4.10. The van der Waals surface area contributed by atoms with Gasteiger partial charge in [0.1, 0.15) is 5.75 Å². The topological polar surface area (TPSA) is 76.4 Å². The third-order valence-corrected chi connectivity index (χ3v) is 2.77. The normalized spacial score (nSPS) is 9.90. The Morgan fingerprint density at radius 2 is 1.80 bits per heavy atom. The maximum absolute atomic E-state index is 11.9. The summed E-state index contributed by atoms with van der Waals surface area (Å²) in [5, 5.41) is 5.49. The van der Waals surface area contributed by atoms with Gasteiger partial charge in [-0.3, -0.25) is 0 Å². The molecular formula is C15H17N3O2. The fraction of sp³-hybridized carbons (Fsp3) is 0.133. The number of amides is 2. The Balaban J connectivity index is 2.04. The molecule has 20 heavy (non-hydrogen) atoms. The minimum absolute atomic E-state index is 0.317. The zero-order valence-corrected chi connectivity index (χ0v) is 11.4. The summed E-state index contributed by atoms with van der Waals surface area (Å²) >= 11 is 0. The van der Waals surface area contributed by atoms with Crippen LogP contribution in [0, 0.1) is 6.92 Å². The lowest BCUT2D eigenvalue weighted by atomic mass is 10.2. The molecule has 0 unspecified atom stereocenters. The van der Waals surface area contributed by atoms with Crippen molar-refractivity contribution in [3.05, 3.63) is 48.0 Å². The SMILES string of the molecule is COc1cc(NC(=O)Nc2cccc(C)c2)ccc1N. The smallest absolute Gasteiger partial charge is 0.323 e. The third kappa shape index (κ3) is 3.41. The molecule has 2 aromatic carbocycles. The minimum atomic E-state index is -0.317. The number of urea groups is 1. The molecule has 4 N–H and O–H groups in total. The van der Waals surface area contributed by atoms with Crippen LogP contribution >= 0.6 is 0 Å². The summed E-state index contributed by atoms with van der Waals surface area (Å²) < 4.78 is 5.10. The van der Waals surface area contributed by atoms with E-state index in [0.717, 1.165) is 11.3 Å². The molecule has 0 spiro atoms. The van der Waals surface area contributed by atoms with Gasteiger partial charge in [-0.1, -0.05) is 12.1 Å². The summed E-state index contributed by atoms with van der Waals surface area (Å²) in [6.07, 6.45) is 0. The molecule has 0 saturated carbocycles. The number of anilines is 3. The number of nitrogens with two attached hydrogens (primary N) is 1. The molecule has 0 aliphatic rings. The van der Waals surface area contributed by atoms with E-state index in [1.807, 2.05) is 31.2 Å². The van der Waals surface area contributed by atoms with E-state index in [-0.39, 0.29) is 6.03 Å². The maximum atomic E-state index is 11.9. The number of aryl methyl sites for hydroxylation is 1. The van der Waals surface area contributed by atoms with E-state index in [1.165, 1.54) is 7.11 Å². The van der Waals surface area contributed by atoms with Gasteiger partial charge in [-0.05, 0) is 36.8 Å². The second-order valence-corrected chi connectivity index (χ2v) is 4.41. The Labute approximate surface area is 117 Å². The molecule has 0 atom stereocenters. The van der Waals surface area contributed by atoms with Crippen molar-refractivity contribution in [1.82, 2.24) is 0 Å². The number of ether oxygens (including phenoxy) is 1. The van der Waals surface area contributed by atoms with E-state index in [2.05, 4.69) is 10.6 Å². The number of nitrogen functional groups attached to an aromatic ring is 1. The summed E-state index contributed by atoms with van der Waals surface area (Å²) in [5.41, 5.74) is 8.68. The first-order valence-corrected chi connectivity index (χ1v) is 6.16. The quantitative estimate of drug-likeness (QED) is 0.750. The van der Waals surface area contributed by atoms with Crippen LogP contribution in [0.3, 0.4) is 0 Å². The molecule has 0 radical (unpaired) electrons. The Bertz CT molecular complexity index is 626. The lowest BCUT2D eigenvalue weighted by Gasteiger charge is -2.10. The number of methoxy groups -OCH3 is 1. The second kappa shape index (κ2) is 5.97. The number of hydrogen-bond donors (Lipinski definition) is 3. The summed E-state index contributed by atoms with van der Waals surface area (Å²) in [6.45, 7) is 1.97. The number of rotatable bonds is 3. The van der Waals surface area contributed by atoms with Gasteiger partial charge in [0.2, 0.25) is 0 Å². The van der Waals surface area contributed by atoms with Gasteiger partial charge < -0.3 is 21.1 Å². The van der Waals surface area contributed by atoms with Gasteiger partial charge in [0, 0.05) is 17.4 Å². The van der Waals surface area contributed by atoms with Crippen molar-refractivity contribution in [2.24, 2.45) is 0 Å². The molecule has 2 amide bonds. The number of benzene rings is 2. The highest BCUT2D eigenvalue weighted by Gasteiger charge is 2.05. The Morgan fingerprint density at radius 1 is 1.10 bits per heavy atom. The van der Waals surface area contributed by atoms with Gasteiger partial charge >= 0.3 is 6.03 Å². The summed E-state index contributed by atoms with van der Waals surface area (Å²) in [5.74, 6) is 0.526. The van der Waals surface area contributed by atoms with Gasteiger partial charge in [-0.25, -0.2) is 4.79 Å². The van der Waals surface area contributed by atoms with Gasteiger partial charge in [0.15, 0.2) is 0 Å². The largest absolute Gasteiger partial charge is 0.495 e. The summed E-state index contributed by atoms with van der Waals surface area (Å²) in [6, 6.07) is 12.3. The monoisotopic (exact) mass is 271 g/mol. The average molecular weight is 271 g/mol. The first-order chi connectivity index (χ1) is 9.58. The van der Waals surface area contributed by atoms with Crippen LogP contribution in [0.5, 0.6) is 5.75 Å². The van der Waals surface area contributed by atoms with Crippen LogP contribution < -0.4 is 21.1 Å². The van der Waals surface area contributed by atoms with Crippen LogP contribution in [0.1, 0.15) is 5.56 Å². The highest BCUT2D eigenvalue weighted by atomic mass is 16.5. The maximum Gasteiger partial charge on any atom is 0.323 e. The van der Waals surface area contributed by atoms with Crippen molar-refractivity contribution in [3.63, 3.8) is 0 Å². The van der Waals surface area contributed by atoms with Gasteiger partial charge in [-0.2, -0.15) is 0 Å². The highest BCUT2D eigenvalue weighted by Crippen LogP contribution is 2.25. The predicted molar refractivity (Wildman–Crippen MR) is 81.2 cm³/mol. The first kappa shape index (κ1) is 13.7. The summed E-state index contributed by atoms with van der Waals surface area (Å²) in [7, 11) is 1.53. The lowest BCUT2D eigenvalue weighted by molar-refractivity contribution is 0.262. The van der Waals surface area contributed by atoms with Crippen molar-refractivity contribution in [3.8, 4) is 5.75 Å². The van der Waals surface area contributed by atoms with Crippen LogP contribution in [0.2, 0.25) is 0 Å². The molecule has 0 fully saturated rings. The number of hydrogen-bond acceptors (Lipinski definition) is 3. The molecule has 0 aliphatic heterocycles. The molecular weight excluding hydrogens is 254 g/mol. The van der Waals surface area contributed by atoms with Crippen LogP contribution in [0.4, 0.5) is 21.9 Å². The van der Waals surface area contributed by atoms with E-state index >= 15 is 0 Å². The molecule has 0 bridgehead atoms. The lowest BCUT2D eigenvalue weighted by Crippen LogP contribution is -2.19. The van der Waals surface area contributed by atoms with Crippen LogP contribution in [-0.4, -0.2) is 13.1 Å². The predicted octanol–water partition coefficient (Wildman–Crippen LogP) is 3.23. The van der Waals surface area contributed by atoms with E-state index in [4.69, 9.17) is 10.5 Å². The zero-order valence-electron chi connectivity index (χ0n) is 11.4. The molecule has 5 heteroatoms. The van der Waals surface area contributed by atoms with Crippen molar-refractivity contribution in [1.29, 1.82) is 0 Å². The Hall–Kier alpha value is -2.69. The molecule has 0 aromatic heterocycles. The van der Waals surface area contributed by atoms with Crippen molar-refractivity contribution >= 4 is 23.1 Å². The Morgan fingerprint density at radius 3 is 2.45 bits per heavy atom. The van der Waals surface area contributed by atoms with Crippen LogP contribution in [-0.2, 0) is 0 Å². The van der Waals surface area contributed by atoms with Gasteiger partial charge in [0.25, 0.3) is 0 Å². The van der Waals surface area contributed by atoms with Crippen LogP contribution in [0.25, 0.3) is 0 Å². The zero-order chi connectivity index (χ0) is 14.5. The summed E-state index contributed by atoms with van der Waals surface area (Å²) in [4.78, 5) is 11.9. The fourth-order valence-corrected chi connectivity index (χ4v) is 1.81. The van der Waals surface area contributed by atoms with Crippen molar-refractivity contribution in [2.45, 2.75) is 6.92 Å². The van der Waals surface area contributed by atoms with Gasteiger partial charge in [-0.15, -0.1) is 0 Å². The van der Waals surface area contributed by atoms with E-state index in [1.54, 1.807) is 18.2 Å². The first-order valence-electron chi connectivity index (χ1n) is 6.16. The molecule has 0 heterocycles. The molecule has 2 rings (SSSR count). The molecule has 2 aromatic rings. The van der Waals surface area contributed by atoms with E-state index in [0.29, 0.717) is 17.1 Å². The highest BCUT2D eigenvalue weighted by molar-refractivity contribution is 6.00. The number of carbonyl (C=O) groups is 1. The van der Waals surface area contributed by atoms with E-state index in [9.17, 15) is 4.79 Å². The van der Waals surface area contributed by atoms with Gasteiger partial charge in [0.05, 0.1) is 12.8 Å². The van der Waals surface area contributed by atoms with E-state index < -0.39 is 0 Å². The molecule has 0 saturated heterocycles. The van der Waals surface area contributed by atoms with Crippen molar-refractivity contribution in [2.75, 3.05) is 23.5 Å². The third-order valence-electron chi connectivity index (χ3n) is 2.77.